The average Bonchev–Trinajstić information content (AvgIpc) is 2.77. The zero-order valence-corrected chi connectivity index (χ0v) is 18.5. The first-order chi connectivity index (χ1) is 14.1. The van der Waals surface area contributed by atoms with Crippen molar-refractivity contribution in [1.82, 2.24) is 10.2 Å². The van der Waals surface area contributed by atoms with E-state index in [4.69, 9.17) is 9.47 Å². The van der Waals surface area contributed by atoms with E-state index in [1.54, 1.807) is 7.11 Å². The van der Waals surface area contributed by atoms with Crippen LogP contribution in [0.4, 0.5) is 0 Å². The number of carbonyl (C=O) groups excluding carboxylic acids is 2. The SMILES string of the molecule is COCCOCCCNC(=O)c1ccccc1SCC(=O)N(C)C1CCCCC1. The molecular formula is C22H34N2O4S. The predicted octanol–water partition coefficient (Wildman–Crippen LogP) is 3.35. The van der Waals surface area contributed by atoms with E-state index >= 15 is 0 Å². The fourth-order valence-corrected chi connectivity index (χ4v) is 4.38. The number of carbonyl (C=O) groups is 2. The molecule has 0 unspecified atom stereocenters. The molecule has 1 fully saturated rings. The van der Waals surface area contributed by atoms with E-state index in [9.17, 15) is 9.59 Å². The Morgan fingerprint density at radius 1 is 1.14 bits per heavy atom. The summed E-state index contributed by atoms with van der Waals surface area (Å²) in [4.78, 5) is 27.9. The molecule has 162 valence electrons. The van der Waals surface area contributed by atoms with Gasteiger partial charge in [-0.3, -0.25) is 9.59 Å². The molecule has 29 heavy (non-hydrogen) atoms. The molecule has 1 aromatic rings. The lowest BCUT2D eigenvalue weighted by Gasteiger charge is -2.31. The van der Waals surface area contributed by atoms with Crippen molar-refractivity contribution in [2.45, 2.75) is 49.5 Å². The quantitative estimate of drug-likeness (QED) is 0.413. The Morgan fingerprint density at radius 3 is 2.66 bits per heavy atom. The number of hydrogen-bond donors (Lipinski definition) is 1. The third-order valence-corrected chi connectivity index (χ3v) is 6.24. The van der Waals surface area contributed by atoms with Crippen molar-refractivity contribution in [2.75, 3.05) is 46.3 Å². The minimum atomic E-state index is -0.113. The third-order valence-electron chi connectivity index (χ3n) is 5.18. The molecule has 1 saturated carbocycles. The molecule has 6 nitrogen and oxygen atoms in total. The standard InChI is InChI=1S/C22H34N2O4S/c1-24(18-9-4-3-5-10-18)21(25)17-29-20-12-7-6-11-19(20)22(26)23-13-8-14-28-16-15-27-2/h6-7,11-12,18H,3-5,8-10,13-17H2,1-2H3,(H,23,26). The first-order valence-electron chi connectivity index (χ1n) is 10.5. The highest BCUT2D eigenvalue weighted by atomic mass is 32.2. The van der Waals surface area contributed by atoms with Gasteiger partial charge in [0.05, 0.1) is 24.5 Å². The number of amides is 2. The fourth-order valence-electron chi connectivity index (χ4n) is 3.41. The molecule has 7 heteroatoms. The molecule has 0 aromatic heterocycles. The smallest absolute Gasteiger partial charge is 0.252 e. The lowest BCUT2D eigenvalue weighted by atomic mass is 9.94. The largest absolute Gasteiger partial charge is 0.382 e. The van der Waals surface area contributed by atoms with Crippen LogP contribution in [-0.2, 0) is 14.3 Å². The lowest BCUT2D eigenvalue weighted by Crippen LogP contribution is -2.39. The summed E-state index contributed by atoms with van der Waals surface area (Å²) in [6.45, 7) is 2.27. The topological polar surface area (TPSA) is 67.9 Å². The van der Waals surface area contributed by atoms with Crippen LogP contribution in [0.1, 0.15) is 48.9 Å². The van der Waals surface area contributed by atoms with Gasteiger partial charge in [0.25, 0.3) is 5.91 Å². The summed E-state index contributed by atoms with van der Waals surface area (Å²) in [6, 6.07) is 7.83. The maximum atomic E-state index is 12.6. The van der Waals surface area contributed by atoms with Gasteiger partial charge in [-0.1, -0.05) is 31.4 Å². The summed E-state index contributed by atoms with van der Waals surface area (Å²) in [5.41, 5.74) is 0.617. The molecule has 2 amide bonds. The Labute approximate surface area is 178 Å². The van der Waals surface area contributed by atoms with E-state index in [1.165, 1.54) is 31.0 Å². The van der Waals surface area contributed by atoms with Crippen molar-refractivity contribution in [1.29, 1.82) is 0 Å². The molecule has 2 rings (SSSR count). The van der Waals surface area contributed by atoms with Crippen molar-refractivity contribution in [3.8, 4) is 0 Å². The van der Waals surface area contributed by atoms with Crippen LogP contribution in [0, 0.1) is 0 Å². The van der Waals surface area contributed by atoms with Gasteiger partial charge in [0.1, 0.15) is 0 Å². The molecule has 0 aliphatic heterocycles. The van der Waals surface area contributed by atoms with Gasteiger partial charge in [-0.05, 0) is 31.4 Å². The van der Waals surface area contributed by atoms with Crippen LogP contribution in [0.2, 0.25) is 0 Å². The van der Waals surface area contributed by atoms with Crippen molar-refractivity contribution >= 4 is 23.6 Å². The number of benzene rings is 1. The number of rotatable bonds is 12. The summed E-state index contributed by atoms with van der Waals surface area (Å²) >= 11 is 1.44. The normalized spacial score (nSPS) is 14.6. The van der Waals surface area contributed by atoms with Crippen molar-refractivity contribution in [2.24, 2.45) is 0 Å². The Morgan fingerprint density at radius 2 is 1.90 bits per heavy atom. The van der Waals surface area contributed by atoms with Crippen LogP contribution in [0.15, 0.2) is 29.2 Å². The summed E-state index contributed by atoms with van der Waals surface area (Å²) < 4.78 is 10.3. The first-order valence-corrected chi connectivity index (χ1v) is 11.4. The van der Waals surface area contributed by atoms with Gasteiger partial charge in [0, 0.05) is 38.2 Å². The summed E-state index contributed by atoms with van der Waals surface area (Å²) in [7, 11) is 3.55. The zero-order valence-electron chi connectivity index (χ0n) is 17.7. The molecule has 1 aliphatic rings. The number of nitrogens with zero attached hydrogens (tertiary/aromatic N) is 1. The van der Waals surface area contributed by atoms with Crippen LogP contribution >= 0.6 is 11.8 Å². The molecule has 0 heterocycles. The van der Waals surface area contributed by atoms with Crippen molar-refractivity contribution in [3.63, 3.8) is 0 Å². The molecule has 1 aliphatic carbocycles. The number of nitrogens with one attached hydrogen (secondary N) is 1. The van der Waals surface area contributed by atoms with E-state index in [0.717, 1.165) is 24.2 Å². The molecule has 0 bridgehead atoms. The van der Waals surface area contributed by atoms with Gasteiger partial charge < -0.3 is 19.7 Å². The second kappa shape index (κ2) is 13.6. The molecular weight excluding hydrogens is 388 g/mol. The number of methoxy groups -OCH3 is 1. The first kappa shape index (κ1) is 23.7. The highest BCUT2D eigenvalue weighted by Crippen LogP contribution is 2.25. The van der Waals surface area contributed by atoms with E-state index in [2.05, 4.69) is 5.32 Å². The zero-order chi connectivity index (χ0) is 20.9. The van der Waals surface area contributed by atoms with E-state index in [0.29, 0.717) is 43.7 Å². The predicted molar refractivity (Wildman–Crippen MR) is 116 cm³/mol. The molecule has 0 radical (unpaired) electrons. The fraction of sp³-hybridized carbons (Fsp3) is 0.636. The molecule has 0 spiro atoms. The summed E-state index contributed by atoms with van der Waals surface area (Å²) in [5.74, 6) is 0.369. The summed E-state index contributed by atoms with van der Waals surface area (Å²) in [5, 5.41) is 2.93. The third kappa shape index (κ3) is 8.36. The van der Waals surface area contributed by atoms with Crippen LogP contribution < -0.4 is 5.32 Å². The number of thioether (sulfide) groups is 1. The average molecular weight is 423 g/mol. The van der Waals surface area contributed by atoms with Crippen molar-refractivity contribution < 1.29 is 19.1 Å². The van der Waals surface area contributed by atoms with Crippen LogP contribution in [0.25, 0.3) is 0 Å². The van der Waals surface area contributed by atoms with Gasteiger partial charge in [-0.25, -0.2) is 0 Å². The number of hydrogen-bond acceptors (Lipinski definition) is 5. The van der Waals surface area contributed by atoms with Gasteiger partial charge >= 0.3 is 0 Å². The van der Waals surface area contributed by atoms with Crippen LogP contribution in [0.3, 0.4) is 0 Å². The van der Waals surface area contributed by atoms with Gasteiger partial charge in [-0.15, -0.1) is 11.8 Å². The highest BCUT2D eigenvalue weighted by molar-refractivity contribution is 8.00. The minimum absolute atomic E-state index is 0.113. The lowest BCUT2D eigenvalue weighted by molar-refractivity contribution is -0.129. The molecule has 0 saturated heterocycles. The minimum Gasteiger partial charge on any atom is -0.382 e. The number of ether oxygens (including phenoxy) is 2. The van der Waals surface area contributed by atoms with Crippen LogP contribution in [0.5, 0.6) is 0 Å². The van der Waals surface area contributed by atoms with Crippen molar-refractivity contribution in [3.05, 3.63) is 29.8 Å². The second-order valence-corrected chi connectivity index (χ2v) is 8.31. The maximum Gasteiger partial charge on any atom is 0.252 e. The molecule has 1 N–H and O–H groups in total. The Balaban J connectivity index is 1.78. The van der Waals surface area contributed by atoms with Gasteiger partial charge in [0.15, 0.2) is 0 Å². The van der Waals surface area contributed by atoms with Gasteiger partial charge in [0.2, 0.25) is 5.91 Å². The molecule has 0 atom stereocenters. The molecule has 1 aromatic carbocycles. The monoisotopic (exact) mass is 422 g/mol. The Bertz CT molecular complexity index is 635. The van der Waals surface area contributed by atoms with E-state index in [1.807, 2.05) is 36.2 Å². The van der Waals surface area contributed by atoms with Gasteiger partial charge in [-0.2, -0.15) is 0 Å². The second-order valence-electron chi connectivity index (χ2n) is 7.30. The van der Waals surface area contributed by atoms with Crippen LogP contribution in [-0.4, -0.2) is 69.0 Å². The van der Waals surface area contributed by atoms with E-state index in [-0.39, 0.29) is 11.8 Å². The summed E-state index contributed by atoms with van der Waals surface area (Å²) in [6.07, 6.45) is 6.62. The Hall–Kier alpha value is -1.57. The Kier molecular flexibility index (Phi) is 11.1. The maximum absolute atomic E-state index is 12.6. The van der Waals surface area contributed by atoms with E-state index < -0.39 is 0 Å². The highest BCUT2D eigenvalue weighted by Gasteiger charge is 2.22.